The van der Waals surface area contributed by atoms with Crippen LogP contribution in [0, 0.1) is 0 Å². The van der Waals surface area contributed by atoms with Crippen molar-refractivity contribution in [1.29, 1.82) is 0 Å². The molecule has 0 fully saturated rings. The van der Waals surface area contributed by atoms with Crippen LogP contribution in [-0.4, -0.2) is 19.5 Å². The first-order valence-corrected chi connectivity index (χ1v) is 21.1. The Morgan fingerprint density at radius 2 is 0.794 bits per heavy atom. The third kappa shape index (κ3) is 5.69. The van der Waals surface area contributed by atoms with E-state index in [4.69, 9.17) is 23.8 Å². The number of hydrogen-bond acceptors (Lipinski definition) is 5. The van der Waals surface area contributed by atoms with Gasteiger partial charge in [-0.2, -0.15) is 0 Å². The molecule has 0 bridgehead atoms. The van der Waals surface area contributed by atoms with Crippen LogP contribution in [0.15, 0.2) is 215 Å². The minimum Gasteiger partial charge on any atom is -0.456 e. The van der Waals surface area contributed by atoms with Crippen molar-refractivity contribution in [1.82, 2.24) is 19.5 Å². The highest BCUT2D eigenvalue weighted by Gasteiger charge is 2.21. The van der Waals surface area contributed by atoms with Gasteiger partial charge in [-0.25, -0.2) is 15.0 Å². The van der Waals surface area contributed by atoms with Crippen molar-refractivity contribution in [2.45, 2.75) is 0 Å². The lowest BCUT2D eigenvalue weighted by atomic mass is 10.00. The highest BCUT2D eigenvalue weighted by molar-refractivity contribution is 6.14. The fourth-order valence-corrected chi connectivity index (χ4v) is 9.35. The number of benzene rings is 9. The Morgan fingerprint density at radius 3 is 1.52 bits per heavy atom. The zero-order chi connectivity index (χ0) is 41.4. The molecule has 0 radical (unpaired) electrons. The second-order valence-electron chi connectivity index (χ2n) is 15.9. The molecule has 0 unspecified atom stereocenters. The van der Waals surface area contributed by atoms with Gasteiger partial charge in [0.15, 0.2) is 17.5 Å². The minimum absolute atomic E-state index is 0.559. The maximum atomic E-state index is 6.70. The molecule has 6 nitrogen and oxygen atoms in total. The Hall–Kier alpha value is -8.61. The summed E-state index contributed by atoms with van der Waals surface area (Å²) in [6.45, 7) is 0. The SMILES string of the molecule is c1ccc(-c2ccc(-c3nc(-c4cccc5oc6ccccc6c45)nc(-c4cccc5oc6cc(-c7ccc8c9ccccc9n(-c9ccccc9)c8c7)ccc6c45)n3)cc2)cc1. The molecule has 0 saturated carbocycles. The van der Waals surface area contributed by atoms with E-state index in [0.29, 0.717) is 17.5 Å². The molecule has 6 heteroatoms. The van der Waals surface area contributed by atoms with Crippen molar-refractivity contribution in [2.24, 2.45) is 0 Å². The summed E-state index contributed by atoms with van der Waals surface area (Å²) >= 11 is 0. The fourth-order valence-electron chi connectivity index (χ4n) is 9.35. The Labute approximate surface area is 361 Å². The number of para-hydroxylation sites is 3. The first-order valence-electron chi connectivity index (χ1n) is 21.1. The molecule has 0 spiro atoms. The predicted octanol–water partition coefficient (Wildman–Crippen LogP) is 15.1. The van der Waals surface area contributed by atoms with Crippen LogP contribution in [0.3, 0.4) is 0 Å². The van der Waals surface area contributed by atoms with Gasteiger partial charge in [0.05, 0.1) is 11.0 Å². The van der Waals surface area contributed by atoms with Gasteiger partial charge in [-0.3, -0.25) is 0 Å². The van der Waals surface area contributed by atoms with Gasteiger partial charge in [-0.15, -0.1) is 0 Å². The van der Waals surface area contributed by atoms with Gasteiger partial charge in [0.1, 0.15) is 22.3 Å². The van der Waals surface area contributed by atoms with Gasteiger partial charge >= 0.3 is 0 Å². The van der Waals surface area contributed by atoms with E-state index >= 15 is 0 Å². The summed E-state index contributed by atoms with van der Waals surface area (Å²) in [6.07, 6.45) is 0. The molecule has 0 atom stereocenters. The summed E-state index contributed by atoms with van der Waals surface area (Å²) in [6, 6.07) is 71.5. The lowest BCUT2D eigenvalue weighted by Gasteiger charge is -2.10. The number of rotatable bonds is 6. The van der Waals surface area contributed by atoms with Gasteiger partial charge in [-0.05, 0) is 76.9 Å². The molecule has 63 heavy (non-hydrogen) atoms. The summed E-state index contributed by atoms with van der Waals surface area (Å²) in [4.78, 5) is 15.7. The zero-order valence-corrected chi connectivity index (χ0v) is 33.7. The number of nitrogens with zero attached hydrogens (tertiary/aromatic N) is 4. The van der Waals surface area contributed by atoms with E-state index in [1.54, 1.807) is 0 Å². The molecule has 13 rings (SSSR count). The Kier molecular flexibility index (Phi) is 7.80. The first-order chi connectivity index (χ1) is 31.2. The molecule has 0 N–H and O–H groups in total. The van der Waals surface area contributed by atoms with E-state index in [1.165, 1.54) is 16.3 Å². The second-order valence-corrected chi connectivity index (χ2v) is 15.9. The van der Waals surface area contributed by atoms with Crippen LogP contribution in [0.4, 0.5) is 0 Å². The van der Waals surface area contributed by atoms with Crippen LogP contribution < -0.4 is 0 Å². The molecule has 0 aliphatic carbocycles. The third-order valence-corrected chi connectivity index (χ3v) is 12.3. The molecular formula is C57H34N4O2. The predicted molar refractivity (Wildman–Crippen MR) is 256 cm³/mol. The smallest absolute Gasteiger partial charge is 0.164 e. The average Bonchev–Trinajstić information content (AvgIpc) is 4.03. The third-order valence-electron chi connectivity index (χ3n) is 12.3. The van der Waals surface area contributed by atoms with Crippen molar-refractivity contribution in [3.8, 4) is 62.1 Å². The van der Waals surface area contributed by atoms with Crippen LogP contribution in [0.5, 0.6) is 0 Å². The monoisotopic (exact) mass is 806 g/mol. The molecule has 9 aromatic carbocycles. The van der Waals surface area contributed by atoms with Crippen LogP contribution in [-0.2, 0) is 0 Å². The number of furan rings is 2. The fraction of sp³-hybridized carbons (Fsp3) is 0. The standard InChI is InChI=1S/C57H34N4O2/c1-3-13-35(14-4-1)36-25-27-37(28-26-36)55-58-56(45-19-11-23-50-53(45)43-18-8-10-22-49(43)62-50)60-57(59-55)46-20-12-24-51-54(46)44-32-30-39(34-52(44)63-51)38-29-31-42-41-17-7-9-21-47(41)61(48(42)33-38)40-15-5-2-6-16-40/h1-34H. The maximum absolute atomic E-state index is 6.70. The molecule has 0 saturated heterocycles. The van der Waals surface area contributed by atoms with Crippen molar-refractivity contribution in [3.05, 3.63) is 206 Å². The number of hydrogen-bond donors (Lipinski definition) is 0. The lowest BCUT2D eigenvalue weighted by Crippen LogP contribution is -2.00. The van der Waals surface area contributed by atoms with Gasteiger partial charge in [-0.1, -0.05) is 152 Å². The normalized spacial score (nSPS) is 11.8. The zero-order valence-electron chi connectivity index (χ0n) is 33.7. The summed E-state index contributed by atoms with van der Waals surface area (Å²) in [5.41, 5.74) is 13.7. The molecule has 0 aliphatic heterocycles. The Morgan fingerprint density at radius 1 is 0.302 bits per heavy atom. The Bertz CT molecular complexity index is 3900. The summed E-state index contributed by atoms with van der Waals surface area (Å²) in [7, 11) is 0. The van der Waals surface area contributed by atoms with E-state index in [0.717, 1.165) is 94.0 Å². The first kappa shape index (κ1) is 35.2. The molecule has 294 valence electrons. The van der Waals surface area contributed by atoms with Crippen LogP contribution >= 0.6 is 0 Å². The van der Waals surface area contributed by atoms with E-state index in [2.05, 4.69) is 162 Å². The quantitative estimate of drug-likeness (QED) is 0.167. The molecule has 4 heterocycles. The van der Waals surface area contributed by atoms with E-state index in [-0.39, 0.29) is 0 Å². The Balaban J connectivity index is 0.977. The van der Waals surface area contributed by atoms with Gasteiger partial charge in [0, 0.05) is 54.7 Å². The largest absolute Gasteiger partial charge is 0.456 e. The van der Waals surface area contributed by atoms with Gasteiger partial charge < -0.3 is 13.4 Å². The van der Waals surface area contributed by atoms with E-state index in [9.17, 15) is 0 Å². The van der Waals surface area contributed by atoms with Crippen molar-refractivity contribution >= 4 is 65.7 Å². The maximum Gasteiger partial charge on any atom is 0.164 e. The van der Waals surface area contributed by atoms with E-state index < -0.39 is 0 Å². The molecule has 13 aromatic rings. The van der Waals surface area contributed by atoms with Crippen molar-refractivity contribution in [3.63, 3.8) is 0 Å². The molecule has 0 aliphatic rings. The summed E-state index contributed by atoms with van der Waals surface area (Å²) in [5.74, 6) is 1.70. The average molecular weight is 807 g/mol. The van der Waals surface area contributed by atoms with Crippen LogP contribution in [0.1, 0.15) is 0 Å². The number of fused-ring (bicyclic) bond motifs is 9. The van der Waals surface area contributed by atoms with E-state index in [1.807, 2.05) is 48.5 Å². The molecule has 4 aromatic heterocycles. The van der Waals surface area contributed by atoms with Crippen molar-refractivity contribution in [2.75, 3.05) is 0 Å². The topological polar surface area (TPSA) is 69.9 Å². The highest BCUT2D eigenvalue weighted by atomic mass is 16.3. The van der Waals surface area contributed by atoms with Gasteiger partial charge in [0.25, 0.3) is 0 Å². The number of aromatic nitrogens is 4. The lowest BCUT2D eigenvalue weighted by molar-refractivity contribution is 0.668. The molecular weight excluding hydrogens is 773 g/mol. The highest BCUT2D eigenvalue weighted by Crippen LogP contribution is 2.41. The van der Waals surface area contributed by atoms with Crippen LogP contribution in [0.2, 0.25) is 0 Å². The minimum atomic E-state index is 0.559. The van der Waals surface area contributed by atoms with Crippen LogP contribution in [0.25, 0.3) is 128 Å². The summed E-state index contributed by atoms with van der Waals surface area (Å²) < 4.78 is 15.4. The van der Waals surface area contributed by atoms with Crippen molar-refractivity contribution < 1.29 is 8.83 Å². The molecule has 0 amide bonds. The summed E-state index contributed by atoms with van der Waals surface area (Å²) in [5, 5.41) is 6.37. The van der Waals surface area contributed by atoms with Gasteiger partial charge in [0.2, 0.25) is 0 Å². The second kappa shape index (κ2) is 14.0.